The highest BCUT2D eigenvalue weighted by atomic mass is 16.4. The quantitative estimate of drug-likeness (QED) is 0.939. The van der Waals surface area contributed by atoms with Crippen LogP contribution in [0.15, 0.2) is 30.5 Å². The lowest BCUT2D eigenvalue weighted by atomic mass is 9.82. The number of piperidine rings is 1. The first-order chi connectivity index (χ1) is 11.4. The van der Waals surface area contributed by atoms with Gasteiger partial charge in [0.1, 0.15) is 0 Å². The third kappa shape index (κ3) is 3.03. The average molecular weight is 328 g/mol. The van der Waals surface area contributed by atoms with Crippen molar-refractivity contribution in [1.82, 2.24) is 9.47 Å². The molecular weight excluding hydrogens is 304 g/mol. The average Bonchev–Trinajstić information content (AvgIpc) is 2.89. The number of aryl methyl sites for hydroxylation is 2. The van der Waals surface area contributed by atoms with Crippen molar-refractivity contribution in [1.29, 1.82) is 0 Å². The Morgan fingerprint density at radius 3 is 2.79 bits per heavy atom. The van der Waals surface area contributed by atoms with Gasteiger partial charge < -0.3 is 14.6 Å². The molecule has 1 aromatic heterocycles. The minimum absolute atomic E-state index is 0.0510. The Balaban J connectivity index is 1.68. The molecule has 0 aliphatic carbocycles. The summed E-state index contributed by atoms with van der Waals surface area (Å²) < 4.78 is 2.08. The number of carbonyl (C=O) groups is 2. The maximum absolute atomic E-state index is 12.6. The van der Waals surface area contributed by atoms with E-state index in [-0.39, 0.29) is 5.91 Å². The van der Waals surface area contributed by atoms with E-state index in [2.05, 4.69) is 22.9 Å². The molecule has 1 aromatic carbocycles. The van der Waals surface area contributed by atoms with Gasteiger partial charge in [-0.3, -0.25) is 9.59 Å². The minimum Gasteiger partial charge on any atom is -0.481 e. The first-order valence-corrected chi connectivity index (χ1v) is 8.45. The lowest BCUT2D eigenvalue weighted by Crippen LogP contribution is -2.48. The molecule has 1 fully saturated rings. The van der Waals surface area contributed by atoms with E-state index < -0.39 is 11.4 Å². The largest absolute Gasteiger partial charge is 0.481 e. The van der Waals surface area contributed by atoms with Crippen LogP contribution in [0.1, 0.15) is 31.7 Å². The molecule has 1 saturated heterocycles. The number of aromatic nitrogens is 1. The number of carboxylic acid groups (broad SMARTS) is 1. The summed E-state index contributed by atoms with van der Waals surface area (Å²) in [6, 6.07) is 8.18. The highest BCUT2D eigenvalue weighted by Gasteiger charge is 2.39. The van der Waals surface area contributed by atoms with Crippen molar-refractivity contribution in [3.63, 3.8) is 0 Å². The Morgan fingerprint density at radius 2 is 2.04 bits per heavy atom. The van der Waals surface area contributed by atoms with Crippen molar-refractivity contribution < 1.29 is 14.7 Å². The summed E-state index contributed by atoms with van der Waals surface area (Å²) in [6.07, 6.45) is 4.57. The van der Waals surface area contributed by atoms with E-state index >= 15 is 0 Å². The van der Waals surface area contributed by atoms with Gasteiger partial charge in [0.15, 0.2) is 0 Å². The Kier molecular flexibility index (Phi) is 4.35. The summed E-state index contributed by atoms with van der Waals surface area (Å²) in [6.45, 7) is 2.72. The van der Waals surface area contributed by atoms with Crippen LogP contribution in [0, 0.1) is 5.41 Å². The van der Waals surface area contributed by atoms with Crippen molar-refractivity contribution >= 4 is 22.8 Å². The van der Waals surface area contributed by atoms with Gasteiger partial charge in [0.2, 0.25) is 5.91 Å². The Morgan fingerprint density at radius 1 is 1.29 bits per heavy atom. The summed E-state index contributed by atoms with van der Waals surface area (Å²) in [5.41, 5.74) is 1.52. The van der Waals surface area contributed by atoms with E-state index in [1.54, 1.807) is 11.8 Å². The molecule has 24 heavy (non-hydrogen) atoms. The van der Waals surface area contributed by atoms with E-state index in [9.17, 15) is 14.7 Å². The molecule has 1 unspecified atom stereocenters. The molecule has 2 aromatic rings. The first-order valence-electron chi connectivity index (χ1n) is 8.45. The Bertz CT molecular complexity index is 780. The summed E-state index contributed by atoms with van der Waals surface area (Å²) in [4.78, 5) is 25.7. The third-order valence-electron chi connectivity index (χ3n) is 5.15. The van der Waals surface area contributed by atoms with Crippen LogP contribution in [0.4, 0.5) is 0 Å². The van der Waals surface area contributed by atoms with Crippen LogP contribution in [0.25, 0.3) is 10.9 Å². The fraction of sp³-hybridized carbons (Fsp3) is 0.474. The molecule has 1 aliphatic heterocycles. The van der Waals surface area contributed by atoms with Gasteiger partial charge in [0.25, 0.3) is 0 Å². The number of benzene rings is 1. The SMILES string of the molecule is Cn1cc(CCC(=O)N2CCCC(C)(C(=O)O)C2)c2ccccc21. The smallest absolute Gasteiger partial charge is 0.311 e. The molecule has 128 valence electrons. The van der Waals surface area contributed by atoms with Crippen molar-refractivity contribution in [2.75, 3.05) is 13.1 Å². The minimum atomic E-state index is -0.812. The molecule has 5 heteroatoms. The first kappa shape index (κ1) is 16.6. The molecule has 0 spiro atoms. The Hall–Kier alpha value is -2.30. The summed E-state index contributed by atoms with van der Waals surface area (Å²) >= 11 is 0. The molecule has 0 saturated carbocycles. The molecule has 1 atom stereocenters. The number of hydrogen-bond acceptors (Lipinski definition) is 2. The molecule has 0 radical (unpaired) electrons. The van der Waals surface area contributed by atoms with Crippen LogP contribution < -0.4 is 0 Å². The molecule has 1 N–H and O–H groups in total. The zero-order valence-corrected chi connectivity index (χ0v) is 14.3. The maximum atomic E-state index is 12.6. The predicted molar refractivity (Wildman–Crippen MR) is 92.8 cm³/mol. The van der Waals surface area contributed by atoms with Gasteiger partial charge in [-0.15, -0.1) is 0 Å². The number of nitrogens with zero attached hydrogens (tertiary/aromatic N) is 2. The van der Waals surface area contributed by atoms with E-state index in [1.165, 1.54) is 10.9 Å². The Labute approximate surface area is 141 Å². The third-order valence-corrected chi connectivity index (χ3v) is 5.15. The van der Waals surface area contributed by atoms with Crippen LogP contribution >= 0.6 is 0 Å². The summed E-state index contributed by atoms with van der Waals surface area (Å²) in [5.74, 6) is -0.760. The second kappa shape index (κ2) is 6.30. The standard InChI is InChI=1S/C19H24N2O3/c1-19(18(23)24)10-5-11-21(13-19)17(22)9-8-14-12-20(2)16-7-4-3-6-15(14)16/h3-4,6-7,12H,5,8-11,13H2,1-2H3,(H,23,24). The number of carboxylic acids is 1. The molecule has 5 nitrogen and oxygen atoms in total. The van der Waals surface area contributed by atoms with Gasteiger partial charge in [0, 0.05) is 43.7 Å². The van der Waals surface area contributed by atoms with Crippen LogP contribution in [0.2, 0.25) is 0 Å². The topological polar surface area (TPSA) is 62.5 Å². The number of carbonyl (C=O) groups excluding carboxylic acids is 1. The molecule has 1 aliphatic rings. The van der Waals surface area contributed by atoms with Crippen molar-refractivity contribution in [2.24, 2.45) is 12.5 Å². The van der Waals surface area contributed by atoms with Gasteiger partial charge in [0.05, 0.1) is 5.41 Å². The van der Waals surface area contributed by atoms with Gasteiger partial charge >= 0.3 is 5.97 Å². The van der Waals surface area contributed by atoms with E-state index in [0.29, 0.717) is 32.4 Å². The second-order valence-electron chi connectivity index (χ2n) is 7.07. The molecular formula is C19H24N2O3. The number of para-hydroxylation sites is 1. The van der Waals surface area contributed by atoms with Crippen molar-refractivity contribution in [2.45, 2.75) is 32.6 Å². The van der Waals surface area contributed by atoms with Crippen molar-refractivity contribution in [3.8, 4) is 0 Å². The number of hydrogen-bond donors (Lipinski definition) is 1. The molecule has 1 amide bonds. The van der Waals surface area contributed by atoms with Gasteiger partial charge in [-0.25, -0.2) is 0 Å². The fourth-order valence-corrected chi connectivity index (χ4v) is 3.65. The zero-order chi connectivity index (χ0) is 17.3. The summed E-state index contributed by atoms with van der Waals surface area (Å²) in [5, 5.41) is 10.6. The lowest BCUT2D eigenvalue weighted by molar-refractivity contribution is -0.153. The monoisotopic (exact) mass is 328 g/mol. The van der Waals surface area contributed by atoms with Crippen LogP contribution in [0.3, 0.4) is 0 Å². The number of likely N-dealkylation sites (tertiary alicyclic amines) is 1. The lowest BCUT2D eigenvalue weighted by Gasteiger charge is -2.37. The van der Waals surface area contributed by atoms with Gasteiger partial charge in [-0.2, -0.15) is 0 Å². The van der Waals surface area contributed by atoms with Gasteiger partial charge in [-0.05, 0) is 37.8 Å². The highest BCUT2D eigenvalue weighted by molar-refractivity contribution is 5.85. The number of rotatable bonds is 4. The molecule has 2 heterocycles. The molecule has 3 rings (SSSR count). The number of amides is 1. The highest BCUT2D eigenvalue weighted by Crippen LogP contribution is 2.30. The summed E-state index contributed by atoms with van der Waals surface area (Å²) in [7, 11) is 2.01. The van der Waals surface area contributed by atoms with Crippen LogP contribution in [-0.2, 0) is 23.1 Å². The normalized spacial score (nSPS) is 21.2. The molecule has 0 bridgehead atoms. The van der Waals surface area contributed by atoms with Gasteiger partial charge in [-0.1, -0.05) is 18.2 Å². The second-order valence-corrected chi connectivity index (χ2v) is 7.07. The number of aliphatic carboxylic acids is 1. The fourth-order valence-electron chi connectivity index (χ4n) is 3.65. The number of fused-ring (bicyclic) bond motifs is 1. The predicted octanol–water partition coefficient (Wildman–Crippen LogP) is 2.82. The van der Waals surface area contributed by atoms with E-state index in [0.717, 1.165) is 11.9 Å². The van der Waals surface area contributed by atoms with Crippen LogP contribution in [-0.4, -0.2) is 39.5 Å². The zero-order valence-electron chi connectivity index (χ0n) is 14.3. The van der Waals surface area contributed by atoms with Crippen molar-refractivity contribution in [3.05, 3.63) is 36.0 Å². The maximum Gasteiger partial charge on any atom is 0.311 e. The van der Waals surface area contributed by atoms with E-state index in [1.807, 2.05) is 19.2 Å². The van der Waals surface area contributed by atoms with E-state index in [4.69, 9.17) is 0 Å². The van der Waals surface area contributed by atoms with Crippen LogP contribution in [0.5, 0.6) is 0 Å².